The normalized spacial score (nSPS) is 11.2. The topological polar surface area (TPSA) is 115 Å². The minimum Gasteiger partial charge on any atom is -0.497 e. The molecule has 3 heterocycles. The molecule has 2 aromatic carbocycles. The summed E-state index contributed by atoms with van der Waals surface area (Å²) >= 11 is 1.45. The predicted octanol–water partition coefficient (Wildman–Crippen LogP) is 3.61. The third kappa shape index (κ3) is 4.20. The Labute approximate surface area is 192 Å². The molecule has 0 aliphatic rings. The van der Waals surface area contributed by atoms with Crippen LogP contribution >= 0.6 is 11.3 Å². The first-order valence-electron chi connectivity index (χ1n) is 10.3. The number of fused-ring (bicyclic) bond motifs is 2. The number of anilines is 1. The number of rotatable bonds is 6. The maximum atomic E-state index is 12.7. The van der Waals surface area contributed by atoms with Crippen LogP contribution in [-0.4, -0.2) is 37.7 Å². The zero-order valence-corrected chi connectivity index (χ0v) is 18.8. The number of H-pyrrole nitrogens is 1. The number of hydrogen-bond donors (Lipinski definition) is 2. The summed E-state index contributed by atoms with van der Waals surface area (Å²) in [6.45, 7) is 1.85. The van der Waals surface area contributed by atoms with Crippen LogP contribution in [0.2, 0.25) is 0 Å². The molecule has 0 atom stereocenters. The molecule has 9 nitrogen and oxygen atoms in total. The number of carbonyl (C=O) groups is 1. The number of hydrogen-bond acceptors (Lipinski definition) is 7. The van der Waals surface area contributed by atoms with E-state index < -0.39 is 0 Å². The van der Waals surface area contributed by atoms with Crippen LogP contribution < -0.4 is 15.6 Å². The molecule has 2 N–H and O–H groups in total. The number of para-hydroxylation sites is 2. The largest absolute Gasteiger partial charge is 0.497 e. The molecule has 0 aliphatic heterocycles. The van der Waals surface area contributed by atoms with Gasteiger partial charge >= 0.3 is 0 Å². The molecule has 3 aromatic heterocycles. The van der Waals surface area contributed by atoms with Crippen molar-refractivity contribution in [3.05, 3.63) is 70.3 Å². The Hall–Kier alpha value is -4.05. The number of carbonyl (C=O) groups excluding carboxylic acids is 1. The third-order valence-electron chi connectivity index (χ3n) is 5.12. The number of nitrogens with one attached hydrogen (secondary N) is 2. The molecule has 0 saturated heterocycles. The number of methoxy groups -OCH3 is 1. The molecule has 166 valence electrons. The molecule has 0 bridgehead atoms. The maximum absolute atomic E-state index is 12.7. The van der Waals surface area contributed by atoms with Gasteiger partial charge in [-0.05, 0) is 37.3 Å². The van der Waals surface area contributed by atoms with E-state index in [9.17, 15) is 9.59 Å². The Morgan fingerprint density at radius 2 is 2.00 bits per heavy atom. The third-order valence-corrected chi connectivity index (χ3v) is 6.12. The summed E-state index contributed by atoms with van der Waals surface area (Å²) < 4.78 is 7.85. The number of amides is 1. The fourth-order valence-corrected chi connectivity index (χ4v) is 4.48. The van der Waals surface area contributed by atoms with Crippen molar-refractivity contribution in [1.82, 2.24) is 24.7 Å². The van der Waals surface area contributed by atoms with Crippen LogP contribution in [0.5, 0.6) is 5.75 Å². The summed E-state index contributed by atoms with van der Waals surface area (Å²) in [4.78, 5) is 36.8. The molecule has 5 rings (SSSR count). The summed E-state index contributed by atoms with van der Waals surface area (Å²) in [6, 6.07) is 14.7. The van der Waals surface area contributed by atoms with Gasteiger partial charge in [-0.25, -0.2) is 9.97 Å². The van der Waals surface area contributed by atoms with E-state index in [0.717, 1.165) is 21.7 Å². The number of aromatic nitrogens is 5. The maximum Gasteiger partial charge on any atom is 0.270 e. The van der Waals surface area contributed by atoms with Gasteiger partial charge in [0.25, 0.3) is 5.56 Å². The molecule has 10 heteroatoms. The Bertz CT molecular complexity index is 1550. The van der Waals surface area contributed by atoms with Crippen LogP contribution in [-0.2, 0) is 11.2 Å². The number of aryl methyl sites for hydroxylation is 2. The van der Waals surface area contributed by atoms with Gasteiger partial charge < -0.3 is 15.0 Å². The minimum absolute atomic E-state index is 0.107. The van der Waals surface area contributed by atoms with Crippen molar-refractivity contribution < 1.29 is 9.53 Å². The van der Waals surface area contributed by atoms with Crippen molar-refractivity contribution in [2.75, 3.05) is 12.4 Å². The van der Waals surface area contributed by atoms with Crippen LogP contribution in [0.15, 0.2) is 53.3 Å². The van der Waals surface area contributed by atoms with E-state index in [1.807, 2.05) is 43.3 Å². The van der Waals surface area contributed by atoms with Gasteiger partial charge in [0, 0.05) is 18.9 Å². The van der Waals surface area contributed by atoms with Gasteiger partial charge in [0.15, 0.2) is 0 Å². The number of thiazole rings is 1. The van der Waals surface area contributed by atoms with Crippen LogP contribution in [0, 0.1) is 6.92 Å². The second kappa shape index (κ2) is 8.47. The van der Waals surface area contributed by atoms with Gasteiger partial charge in [0.1, 0.15) is 17.3 Å². The number of ether oxygens (including phenoxy) is 1. The van der Waals surface area contributed by atoms with E-state index in [2.05, 4.69) is 25.4 Å². The molecule has 0 saturated carbocycles. The van der Waals surface area contributed by atoms with Gasteiger partial charge in [-0.2, -0.15) is 9.78 Å². The summed E-state index contributed by atoms with van der Waals surface area (Å²) in [5.74, 6) is 1.03. The monoisotopic (exact) mass is 460 g/mol. The highest BCUT2D eigenvalue weighted by atomic mass is 32.1. The van der Waals surface area contributed by atoms with E-state index in [0.29, 0.717) is 27.7 Å². The van der Waals surface area contributed by atoms with Gasteiger partial charge in [-0.1, -0.05) is 23.5 Å². The molecular weight excluding hydrogens is 440 g/mol. The lowest BCUT2D eigenvalue weighted by Crippen LogP contribution is -2.20. The van der Waals surface area contributed by atoms with Gasteiger partial charge in [0.2, 0.25) is 11.0 Å². The molecule has 0 unspecified atom stereocenters. The van der Waals surface area contributed by atoms with Crippen molar-refractivity contribution in [1.29, 1.82) is 0 Å². The van der Waals surface area contributed by atoms with E-state index in [1.54, 1.807) is 23.9 Å². The lowest BCUT2D eigenvalue weighted by Gasteiger charge is -2.06. The van der Waals surface area contributed by atoms with Gasteiger partial charge in [-0.15, -0.1) is 0 Å². The van der Waals surface area contributed by atoms with E-state index in [4.69, 9.17) is 4.74 Å². The smallest absolute Gasteiger partial charge is 0.270 e. The van der Waals surface area contributed by atoms with Crippen LogP contribution in [0.4, 0.5) is 5.82 Å². The lowest BCUT2D eigenvalue weighted by molar-refractivity contribution is -0.116. The van der Waals surface area contributed by atoms with Crippen molar-refractivity contribution in [3.8, 4) is 10.9 Å². The van der Waals surface area contributed by atoms with Crippen molar-refractivity contribution in [2.45, 2.75) is 19.8 Å². The second-order valence-electron chi connectivity index (χ2n) is 7.49. The zero-order valence-electron chi connectivity index (χ0n) is 18.0. The fraction of sp³-hybridized carbons (Fsp3) is 0.174. The Kier molecular flexibility index (Phi) is 5.35. The average Bonchev–Trinajstić information content (AvgIpc) is 3.39. The summed E-state index contributed by atoms with van der Waals surface area (Å²) in [5.41, 5.74) is 2.97. The first-order chi connectivity index (χ1) is 16.0. The highest BCUT2D eigenvalue weighted by Gasteiger charge is 2.16. The molecule has 33 heavy (non-hydrogen) atoms. The van der Waals surface area contributed by atoms with E-state index in [-0.39, 0.29) is 24.3 Å². The zero-order chi connectivity index (χ0) is 22.9. The van der Waals surface area contributed by atoms with Crippen LogP contribution in [0.1, 0.15) is 17.8 Å². The summed E-state index contributed by atoms with van der Waals surface area (Å²) in [7, 11) is 1.62. The number of aromatic amines is 1. The lowest BCUT2D eigenvalue weighted by atomic mass is 10.2. The predicted molar refractivity (Wildman–Crippen MR) is 127 cm³/mol. The van der Waals surface area contributed by atoms with E-state index in [1.165, 1.54) is 11.3 Å². The summed E-state index contributed by atoms with van der Waals surface area (Å²) in [5, 5.41) is 8.01. The molecule has 0 spiro atoms. The molecular formula is C23H20N6O3S. The quantitative estimate of drug-likeness (QED) is 0.400. The molecule has 5 aromatic rings. The summed E-state index contributed by atoms with van der Waals surface area (Å²) in [6.07, 6.45) is 0.329. The second-order valence-corrected chi connectivity index (χ2v) is 8.50. The Morgan fingerprint density at radius 3 is 2.85 bits per heavy atom. The van der Waals surface area contributed by atoms with Crippen LogP contribution in [0.25, 0.3) is 26.4 Å². The highest BCUT2D eigenvalue weighted by Crippen LogP contribution is 2.30. The molecule has 0 radical (unpaired) electrons. The standard InChI is InChI=1S/C23H20N6O3S/c1-13-11-20(29(28-13)23-26-17-8-7-14(32-2)12-19(17)33-23)27-21(30)10-9-18-22(31)25-16-6-4-3-5-15(16)24-18/h3-8,11-12H,9-10H2,1-2H3,(H,25,31)(H,27,30). The first kappa shape index (κ1) is 20.8. The van der Waals surface area contributed by atoms with E-state index >= 15 is 0 Å². The minimum atomic E-state index is -0.285. The van der Waals surface area contributed by atoms with Gasteiger partial charge in [0.05, 0.1) is 34.1 Å². The number of nitrogens with zero attached hydrogens (tertiary/aromatic N) is 4. The number of benzene rings is 2. The molecule has 0 aliphatic carbocycles. The Balaban J connectivity index is 1.35. The van der Waals surface area contributed by atoms with Crippen LogP contribution in [0.3, 0.4) is 0 Å². The molecule has 0 fully saturated rings. The van der Waals surface area contributed by atoms with Crippen molar-refractivity contribution in [2.24, 2.45) is 0 Å². The highest BCUT2D eigenvalue weighted by molar-refractivity contribution is 7.20. The molecule has 1 amide bonds. The first-order valence-corrected chi connectivity index (χ1v) is 11.1. The van der Waals surface area contributed by atoms with Crippen molar-refractivity contribution >= 4 is 44.3 Å². The van der Waals surface area contributed by atoms with Crippen molar-refractivity contribution in [3.63, 3.8) is 0 Å². The van der Waals surface area contributed by atoms with Gasteiger partial charge in [-0.3, -0.25) is 9.59 Å². The fourth-order valence-electron chi connectivity index (χ4n) is 3.52. The SMILES string of the molecule is COc1ccc2nc(-n3nc(C)cc3NC(=O)CCc3nc4ccccc4[nH]c3=O)sc2c1. The average molecular weight is 461 g/mol. The Morgan fingerprint density at radius 1 is 1.15 bits per heavy atom.